The van der Waals surface area contributed by atoms with Crippen LogP contribution in [0.4, 0.5) is 0 Å². The smallest absolute Gasteiger partial charge is 0.0379 e. The number of fused-ring (bicyclic) bond motifs is 1. The van der Waals surface area contributed by atoms with Crippen molar-refractivity contribution in [1.82, 2.24) is 10.3 Å². The van der Waals surface area contributed by atoms with Crippen molar-refractivity contribution in [2.45, 2.75) is 45.6 Å². The van der Waals surface area contributed by atoms with Crippen molar-refractivity contribution in [3.63, 3.8) is 0 Å². The molecule has 2 unspecified atom stereocenters. The second-order valence-corrected chi connectivity index (χ2v) is 6.13. The molecule has 0 saturated heterocycles. The highest BCUT2D eigenvalue weighted by atomic mass is 14.9. The van der Waals surface area contributed by atoms with E-state index in [-0.39, 0.29) is 0 Å². The molecule has 21 heavy (non-hydrogen) atoms. The van der Waals surface area contributed by atoms with Gasteiger partial charge in [-0.2, -0.15) is 0 Å². The van der Waals surface area contributed by atoms with Gasteiger partial charge in [-0.15, -0.1) is 0 Å². The van der Waals surface area contributed by atoms with Gasteiger partial charge in [-0.25, -0.2) is 0 Å². The molecule has 0 spiro atoms. The lowest BCUT2D eigenvalue weighted by Gasteiger charge is -2.33. The molecule has 1 aliphatic rings. The van der Waals surface area contributed by atoms with Crippen LogP contribution < -0.4 is 5.32 Å². The lowest BCUT2D eigenvalue weighted by molar-refractivity contribution is 0.435. The molecule has 1 heterocycles. The highest BCUT2D eigenvalue weighted by molar-refractivity contribution is 5.40. The normalized spacial score (nSPS) is 18.0. The average Bonchev–Trinajstić information content (AvgIpc) is 2.42. The van der Waals surface area contributed by atoms with E-state index in [0.29, 0.717) is 12.0 Å². The molecule has 0 amide bonds. The number of hydrogen-bond donors (Lipinski definition) is 1. The van der Waals surface area contributed by atoms with Crippen molar-refractivity contribution in [1.29, 1.82) is 0 Å². The second kappa shape index (κ2) is 5.98. The van der Waals surface area contributed by atoms with Crippen molar-refractivity contribution in [2.24, 2.45) is 0 Å². The number of aryl methyl sites for hydroxylation is 2. The van der Waals surface area contributed by atoms with E-state index in [1.807, 2.05) is 0 Å². The average molecular weight is 280 g/mol. The van der Waals surface area contributed by atoms with Gasteiger partial charge in [0.25, 0.3) is 0 Å². The maximum absolute atomic E-state index is 4.50. The van der Waals surface area contributed by atoms with Crippen molar-refractivity contribution < 1.29 is 0 Å². The Balaban J connectivity index is 1.80. The van der Waals surface area contributed by atoms with E-state index in [2.05, 4.69) is 67.5 Å². The van der Waals surface area contributed by atoms with Crippen molar-refractivity contribution in [3.05, 3.63) is 64.5 Å². The van der Waals surface area contributed by atoms with E-state index in [1.165, 1.54) is 24.0 Å². The Kier molecular flexibility index (Phi) is 4.07. The van der Waals surface area contributed by atoms with Crippen LogP contribution in [0.5, 0.6) is 0 Å². The molecule has 1 aromatic heterocycles. The van der Waals surface area contributed by atoms with Crippen LogP contribution in [0.2, 0.25) is 0 Å². The Morgan fingerprint density at radius 1 is 1.19 bits per heavy atom. The fourth-order valence-electron chi connectivity index (χ4n) is 3.51. The van der Waals surface area contributed by atoms with E-state index in [0.717, 1.165) is 17.9 Å². The summed E-state index contributed by atoms with van der Waals surface area (Å²) in [4.78, 5) is 4.50. The molecule has 2 atom stereocenters. The quantitative estimate of drug-likeness (QED) is 0.892. The zero-order chi connectivity index (χ0) is 14.8. The monoisotopic (exact) mass is 280 g/mol. The van der Waals surface area contributed by atoms with Crippen LogP contribution in [0.15, 0.2) is 36.4 Å². The summed E-state index contributed by atoms with van der Waals surface area (Å²) in [5.74, 6) is 0.694. The largest absolute Gasteiger partial charge is 0.310 e. The molecule has 0 saturated carbocycles. The molecule has 1 aromatic carbocycles. The van der Waals surface area contributed by atoms with Gasteiger partial charge in [0.15, 0.2) is 0 Å². The van der Waals surface area contributed by atoms with Gasteiger partial charge in [0.05, 0.1) is 0 Å². The van der Waals surface area contributed by atoms with E-state index in [1.54, 1.807) is 5.56 Å². The number of aromatic nitrogens is 1. The van der Waals surface area contributed by atoms with Crippen LogP contribution >= 0.6 is 0 Å². The first-order chi connectivity index (χ1) is 10.2. The van der Waals surface area contributed by atoms with Crippen molar-refractivity contribution in [3.8, 4) is 0 Å². The van der Waals surface area contributed by atoms with Gasteiger partial charge in [-0.3, -0.25) is 4.98 Å². The van der Waals surface area contributed by atoms with Crippen LogP contribution in [-0.4, -0.2) is 11.5 Å². The maximum Gasteiger partial charge on any atom is 0.0379 e. The number of rotatable bonds is 5. The van der Waals surface area contributed by atoms with Gasteiger partial charge >= 0.3 is 0 Å². The van der Waals surface area contributed by atoms with E-state index in [4.69, 9.17) is 0 Å². The molecule has 110 valence electrons. The second-order valence-electron chi connectivity index (χ2n) is 6.13. The fraction of sp³-hybridized carbons (Fsp3) is 0.421. The first kappa shape index (κ1) is 14.3. The van der Waals surface area contributed by atoms with E-state index < -0.39 is 0 Å². The number of pyridine rings is 1. The number of benzene rings is 1. The van der Waals surface area contributed by atoms with Gasteiger partial charge < -0.3 is 5.32 Å². The summed E-state index contributed by atoms with van der Waals surface area (Å²) < 4.78 is 0. The van der Waals surface area contributed by atoms with Gasteiger partial charge in [0.1, 0.15) is 0 Å². The van der Waals surface area contributed by atoms with Crippen LogP contribution in [0.1, 0.15) is 53.4 Å². The molecule has 2 heteroatoms. The number of hydrogen-bond acceptors (Lipinski definition) is 2. The minimum absolute atomic E-state index is 0.425. The third-order valence-corrected chi connectivity index (χ3v) is 4.44. The Morgan fingerprint density at radius 2 is 1.90 bits per heavy atom. The topological polar surface area (TPSA) is 24.9 Å². The molecule has 0 radical (unpaired) electrons. The molecule has 0 bridgehead atoms. The predicted octanol–water partition coefficient (Wildman–Crippen LogP) is 4.08. The molecule has 1 aliphatic carbocycles. The highest BCUT2D eigenvalue weighted by Gasteiger charge is 2.28. The molecule has 3 rings (SSSR count). The first-order valence-corrected chi connectivity index (χ1v) is 7.93. The Labute approximate surface area is 127 Å². The van der Waals surface area contributed by atoms with E-state index >= 15 is 0 Å². The first-order valence-electron chi connectivity index (χ1n) is 7.93. The summed E-state index contributed by atoms with van der Waals surface area (Å²) in [6.07, 6.45) is 2.40. The standard InChI is InChI=1S/C19H24N2/c1-4-20-19(17-9-13(2)21-14(3)10-17)12-16-11-15-7-5-6-8-18(15)16/h5-10,16,19-20H,4,11-12H2,1-3H3. The maximum atomic E-state index is 4.50. The Morgan fingerprint density at radius 3 is 2.57 bits per heavy atom. The van der Waals surface area contributed by atoms with Crippen LogP contribution in [0.25, 0.3) is 0 Å². The zero-order valence-electron chi connectivity index (χ0n) is 13.2. The SMILES string of the molecule is CCNC(CC1Cc2ccccc21)c1cc(C)nc(C)c1. The van der Waals surface area contributed by atoms with Gasteiger partial charge in [-0.05, 0) is 68.0 Å². The summed E-state index contributed by atoms with van der Waals surface area (Å²) in [5.41, 5.74) is 6.68. The lowest BCUT2D eigenvalue weighted by Crippen LogP contribution is -2.27. The van der Waals surface area contributed by atoms with Gasteiger partial charge in [0, 0.05) is 17.4 Å². The number of nitrogens with zero attached hydrogens (tertiary/aromatic N) is 1. The van der Waals surface area contributed by atoms with Gasteiger partial charge in [-0.1, -0.05) is 31.2 Å². The van der Waals surface area contributed by atoms with Crippen LogP contribution in [-0.2, 0) is 6.42 Å². The molecular weight excluding hydrogens is 256 g/mol. The zero-order valence-corrected chi connectivity index (χ0v) is 13.2. The number of nitrogens with one attached hydrogen (secondary N) is 1. The third kappa shape index (κ3) is 3.01. The minimum atomic E-state index is 0.425. The molecule has 2 aromatic rings. The Hall–Kier alpha value is -1.67. The lowest BCUT2D eigenvalue weighted by atomic mass is 9.74. The summed E-state index contributed by atoms with van der Waals surface area (Å²) in [6.45, 7) is 7.35. The third-order valence-electron chi connectivity index (χ3n) is 4.44. The fourth-order valence-corrected chi connectivity index (χ4v) is 3.51. The molecular formula is C19H24N2. The minimum Gasteiger partial charge on any atom is -0.310 e. The Bertz CT molecular complexity index is 613. The molecule has 2 nitrogen and oxygen atoms in total. The van der Waals surface area contributed by atoms with E-state index in [9.17, 15) is 0 Å². The predicted molar refractivity (Wildman–Crippen MR) is 87.6 cm³/mol. The molecule has 0 aliphatic heterocycles. The summed E-state index contributed by atoms with van der Waals surface area (Å²) in [5, 5.41) is 3.66. The van der Waals surface area contributed by atoms with Crippen LogP contribution in [0.3, 0.4) is 0 Å². The van der Waals surface area contributed by atoms with Crippen LogP contribution in [0, 0.1) is 13.8 Å². The summed E-state index contributed by atoms with van der Waals surface area (Å²) >= 11 is 0. The molecule has 0 fully saturated rings. The van der Waals surface area contributed by atoms with Crippen molar-refractivity contribution in [2.75, 3.05) is 6.54 Å². The van der Waals surface area contributed by atoms with Gasteiger partial charge in [0.2, 0.25) is 0 Å². The summed E-state index contributed by atoms with van der Waals surface area (Å²) in [6, 6.07) is 13.7. The molecule has 1 N–H and O–H groups in total. The summed E-state index contributed by atoms with van der Waals surface area (Å²) in [7, 11) is 0. The highest BCUT2D eigenvalue weighted by Crippen LogP contribution is 2.40. The van der Waals surface area contributed by atoms with Crippen molar-refractivity contribution >= 4 is 0 Å².